The smallest absolute Gasteiger partial charge is 0.391 e. The first kappa shape index (κ1) is 31.8. The van der Waals surface area contributed by atoms with Crippen molar-refractivity contribution in [2.24, 2.45) is 29.4 Å². The number of nitrogens with zero attached hydrogens (tertiary/aromatic N) is 2. The molecule has 0 aromatic heterocycles. The van der Waals surface area contributed by atoms with Gasteiger partial charge in [0.05, 0.1) is 23.4 Å². The normalized spacial score (nSPS) is 25.9. The molecule has 4 aliphatic rings. The van der Waals surface area contributed by atoms with Crippen molar-refractivity contribution < 1.29 is 42.9 Å². The van der Waals surface area contributed by atoms with Crippen molar-refractivity contribution in [1.82, 2.24) is 9.80 Å². The van der Waals surface area contributed by atoms with Crippen LogP contribution in [0.25, 0.3) is 16.9 Å². The number of primary amides is 1. The number of carbonyl (C=O) groups excluding carboxylic acids is 3. The Morgan fingerprint density at radius 3 is 2.37 bits per heavy atom. The molecule has 1 saturated heterocycles. The highest BCUT2D eigenvalue weighted by Crippen LogP contribution is 2.51. The van der Waals surface area contributed by atoms with Crippen LogP contribution in [-0.2, 0) is 27.3 Å². The van der Waals surface area contributed by atoms with Crippen LogP contribution < -0.4 is 5.73 Å². The number of aliphatic hydroxyl groups excluding tert-OH is 2. The number of amides is 1. The molecule has 46 heavy (non-hydrogen) atoms. The Morgan fingerprint density at radius 2 is 1.74 bits per heavy atom. The van der Waals surface area contributed by atoms with Crippen molar-refractivity contribution in [2.75, 3.05) is 27.2 Å². The van der Waals surface area contributed by atoms with E-state index in [1.807, 2.05) is 29.2 Å². The third-order valence-corrected chi connectivity index (χ3v) is 10.1. The lowest BCUT2D eigenvalue weighted by Gasteiger charge is -2.46. The van der Waals surface area contributed by atoms with Crippen LogP contribution in [-0.4, -0.2) is 82.0 Å². The first-order valence-corrected chi connectivity index (χ1v) is 15.3. The summed E-state index contributed by atoms with van der Waals surface area (Å²) in [6, 6.07) is 9.90. The van der Waals surface area contributed by atoms with Crippen molar-refractivity contribution >= 4 is 23.2 Å². The second kappa shape index (κ2) is 11.6. The largest absolute Gasteiger partial charge is 0.510 e. The van der Waals surface area contributed by atoms with E-state index in [-0.39, 0.29) is 42.6 Å². The molecule has 5 N–H and O–H groups in total. The molecule has 2 aromatic rings. The lowest BCUT2D eigenvalue weighted by Crippen LogP contribution is -2.55. The number of hydrogen-bond donors (Lipinski definition) is 4. The van der Waals surface area contributed by atoms with Gasteiger partial charge in [-0.1, -0.05) is 24.3 Å². The van der Waals surface area contributed by atoms with E-state index in [0.29, 0.717) is 30.8 Å². The van der Waals surface area contributed by atoms with Gasteiger partial charge in [0.15, 0.2) is 11.6 Å². The van der Waals surface area contributed by atoms with E-state index in [9.17, 15) is 42.9 Å². The number of aromatic hydroxyl groups is 1. The standard InChI is InChI=1S/C34H36F3N3O6/c1-39(2)28-22-14-18-13-21-20(17-5-3-4-16(12-17)15-40-10-8-19(9-11-40)34(35,36)37)6-7-23(41)25(21)29(42)24(18)30(43)26(22)31(44)27(32(28)45)33(38)46/h3-7,12,18-19,22,26,28,41-42,45H,8-11,13-15H2,1-2H3,(H2,38,46). The zero-order valence-corrected chi connectivity index (χ0v) is 25.5. The van der Waals surface area contributed by atoms with Crippen LogP contribution in [0.5, 0.6) is 5.75 Å². The number of allylic oxidation sites excluding steroid dienone is 1. The lowest BCUT2D eigenvalue weighted by molar-refractivity contribution is -0.185. The zero-order chi connectivity index (χ0) is 33.2. The predicted molar refractivity (Wildman–Crippen MR) is 162 cm³/mol. The zero-order valence-electron chi connectivity index (χ0n) is 25.5. The number of piperidine rings is 1. The summed E-state index contributed by atoms with van der Waals surface area (Å²) in [5.74, 6) is -7.64. The van der Waals surface area contributed by atoms with E-state index in [1.54, 1.807) is 25.1 Å². The van der Waals surface area contributed by atoms with Crippen molar-refractivity contribution in [2.45, 2.75) is 44.4 Å². The fourth-order valence-corrected chi connectivity index (χ4v) is 8.05. The first-order chi connectivity index (χ1) is 21.7. The maximum absolute atomic E-state index is 14.0. The minimum absolute atomic E-state index is 0.00766. The maximum Gasteiger partial charge on any atom is 0.391 e. The average molecular weight is 640 g/mol. The second-order valence-corrected chi connectivity index (χ2v) is 13.1. The summed E-state index contributed by atoms with van der Waals surface area (Å²) in [5.41, 5.74) is 7.93. The van der Waals surface area contributed by atoms with Crippen molar-refractivity contribution in [3.05, 3.63) is 70.0 Å². The third-order valence-electron chi connectivity index (χ3n) is 10.1. The van der Waals surface area contributed by atoms with Gasteiger partial charge in [-0.15, -0.1) is 0 Å². The molecule has 2 fully saturated rings. The average Bonchev–Trinajstić information content (AvgIpc) is 2.96. The van der Waals surface area contributed by atoms with Crippen LogP contribution in [0.4, 0.5) is 13.2 Å². The number of likely N-dealkylation sites (N-methyl/N-ethyl adjacent to an activating group) is 1. The molecule has 0 bridgehead atoms. The van der Waals surface area contributed by atoms with E-state index in [2.05, 4.69) is 0 Å². The number of phenolic OH excluding ortho intramolecular Hbond substituents is 1. The quantitative estimate of drug-likeness (QED) is 0.280. The van der Waals surface area contributed by atoms with Gasteiger partial charge in [0.2, 0.25) is 0 Å². The number of rotatable bonds is 5. The highest BCUT2D eigenvalue weighted by molar-refractivity contribution is 6.28. The van der Waals surface area contributed by atoms with E-state index in [0.717, 1.165) is 11.1 Å². The van der Waals surface area contributed by atoms with Crippen LogP contribution >= 0.6 is 0 Å². The number of nitrogens with two attached hydrogens (primary N) is 1. The molecule has 2 aromatic carbocycles. The molecule has 244 valence electrons. The summed E-state index contributed by atoms with van der Waals surface area (Å²) in [7, 11) is 3.33. The Balaban J connectivity index is 1.34. The van der Waals surface area contributed by atoms with Gasteiger partial charge < -0.3 is 21.1 Å². The topological polar surface area (TPSA) is 144 Å². The SMILES string of the molecule is CN(C)C1C(O)=C(C(N)=O)C(=O)C2C(=O)C3=C(O)c4c(O)ccc(-c5cccc(CN6CCC(C(F)(F)F)CC6)c5)c4CC3CC21. The van der Waals surface area contributed by atoms with Gasteiger partial charge in [0.1, 0.15) is 22.8 Å². The number of aliphatic hydroxyl groups is 2. The van der Waals surface area contributed by atoms with E-state index < -0.39 is 70.5 Å². The minimum atomic E-state index is -4.18. The van der Waals surface area contributed by atoms with Crippen molar-refractivity contribution in [3.63, 3.8) is 0 Å². The molecule has 1 amide bonds. The summed E-state index contributed by atoms with van der Waals surface area (Å²) < 4.78 is 39.4. The molecule has 3 aliphatic carbocycles. The molecule has 0 spiro atoms. The van der Waals surface area contributed by atoms with Crippen LogP contribution in [0.1, 0.15) is 36.0 Å². The summed E-state index contributed by atoms with van der Waals surface area (Å²) in [6.07, 6.45) is -3.57. The molecular weight excluding hydrogens is 603 g/mol. The first-order valence-electron chi connectivity index (χ1n) is 15.3. The molecule has 9 nitrogen and oxygen atoms in total. The fraction of sp³-hybridized carbons (Fsp3) is 0.441. The van der Waals surface area contributed by atoms with Crippen LogP contribution in [0.2, 0.25) is 0 Å². The number of Topliss-reactive ketones (excluding diaryl/α,β-unsaturated/α-hetero) is 2. The van der Waals surface area contributed by atoms with E-state index >= 15 is 0 Å². The Morgan fingerprint density at radius 1 is 1.04 bits per heavy atom. The third kappa shape index (κ3) is 5.27. The number of likely N-dealkylation sites (tertiary alicyclic amines) is 1. The van der Waals surface area contributed by atoms with Gasteiger partial charge in [-0.05, 0) is 99.1 Å². The number of benzene rings is 2. The number of phenols is 1. The van der Waals surface area contributed by atoms with Gasteiger partial charge in [-0.25, -0.2) is 0 Å². The number of hydrogen-bond acceptors (Lipinski definition) is 8. The minimum Gasteiger partial charge on any atom is -0.510 e. The van der Waals surface area contributed by atoms with Crippen LogP contribution in [0.3, 0.4) is 0 Å². The Hall–Kier alpha value is -4.16. The molecule has 12 heteroatoms. The van der Waals surface area contributed by atoms with Gasteiger partial charge >= 0.3 is 6.18 Å². The molecule has 1 aliphatic heterocycles. The highest BCUT2D eigenvalue weighted by Gasteiger charge is 2.55. The van der Waals surface area contributed by atoms with Gasteiger partial charge in [0.25, 0.3) is 5.91 Å². The molecule has 1 heterocycles. The Bertz CT molecular complexity index is 1690. The predicted octanol–water partition coefficient (Wildman–Crippen LogP) is 4.29. The molecule has 6 rings (SSSR count). The van der Waals surface area contributed by atoms with Crippen molar-refractivity contribution in [1.29, 1.82) is 0 Å². The number of alkyl halides is 3. The number of fused-ring (bicyclic) bond motifs is 3. The lowest BCUT2D eigenvalue weighted by atomic mass is 9.59. The summed E-state index contributed by atoms with van der Waals surface area (Å²) in [6.45, 7) is 1.15. The fourth-order valence-electron chi connectivity index (χ4n) is 8.05. The Labute approximate surface area is 263 Å². The number of carbonyl (C=O) groups is 3. The van der Waals surface area contributed by atoms with Gasteiger partial charge in [-0.3, -0.25) is 24.2 Å². The van der Waals surface area contributed by atoms with Gasteiger partial charge in [0, 0.05) is 12.1 Å². The Kier molecular flexibility index (Phi) is 8.00. The molecule has 0 radical (unpaired) electrons. The molecule has 4 unspecified atom stereocenters. The van der Waals surface area contributed by atoms with Crippen LogP contribution in [0, 0.1) is 23.7 Å². The van der Waals surface area contributed by atoms with E-state index in [1.165, 1.54) is 6.07 Å². The number of ketones is 2. The summed E-state index contributed by atoms with van der Waals surface area (Å²) in [5, 5.41) is 33.4. The molecular formula is C34H36F3N3O6. The second-order valence-electron chi connectivity index (χ2n) is 13.1. The van der Waals surface area contributed by atoms with Crippen molar-refractivity contribution in [3.8, 4) is 16.9 Å². The monoisotopic (exact) mass is 639 g/mol. The summed E-state index contributed by atoms with van der Waals surface area (Å²) >= 11 is 0. The van der Waals surface area contributed by atoms with Crippen LogP contribution in [0.15, 0.2) is 53.3 Å². The van der Waals surface area contributed by atoms with E-state index in [4.69, 9.17) is 5.73 Å². The summed E-state index contributed by atoms with van der Waals surface area (Å²) in [4.78, 5) is 43.2. The van der Waals surface area contributed by atoms with Gasteiger partial charge in [-0.2, -0.15) is 13.2 Å². The number of halogens is 3. The molecule has 4 atom stereocenters. The highest BCUT2D eigenvalue weighted by atomic mass is 19.4. The maximum atomic E-state index is 14.0. The molecule has 1 saturated carbocycles.